The van der Waals surface area contributed by atoms with Crippen LogP contribution in [0.4, 0.5) is 11.5 Å². The first-order valence-electron chi connectivity index (χ1n) is 8.62. The number of pyridine rings is 1. The average molecular weight is 380 g/mol. The Morgan fingerprint density at radius 2 is 2.15 bits per heavy atom. The fourth-order valence-electron chi connectivity index (χ4n) is 3.16. The summed E-state index contributed by atoms with van der Waals surface area (Å²) in [6.07, 6.45) is 1.74. The largest absolute Gasteiger partial charge is 0.378 e. The molecule has 0 spiro atoms. The van der Waals surface area contributed by atoms with Crippen LogP contribution in [0.1, 0.15) is 10.5 Å². The smallest absolute Gasteiger partial charge is 0.274 e. The van der Waals surface area contributed by atoms with E-state index < -0.39 is 0 Å². The zero-order valence-corrected chi connectivity index (χ0v) is 15.1. The van der Waals surface area contributed by atoms with E-state index in [1.165, 1.54) is 11.5 Å². The van der Waals surface area contributed by atoms with Crippen LogP contribution >= 0.6 is 11.5 Å². The van der Waals surface area contributed by atoms with E-state index in [0.29, 0.717) is 37.8 Å². The number of aromatic amines is 1. The number of H-pyrrole nitrogens is 1. The maximum atomic E-state index is 12.7. The van der Waals surface area contributed by atoms with E-state index in [2.05, 4.69) is 24.9 Å². The van der Waals surface area contributed by atoms with Gasteiger partial charge in [0.05, 0.1) is 23.4 Å². The minimum Gasteiger partial charge on any atom is -0.378 e. The molecule has 0 saturated carbocycles. The number of carbonyl (C=O) groups excluding carboxylic acids is 1. The van der Waals surface area contributed by atoms with Crippen LogP contribution in [0.2, 0.25) is 0 Å². The Morgan fingerprint density at radius 1 is 1.26 bits per heavy atom. The Morgan fingerprint density at radius 3 is 3.04 bits per heavy atom. The number of hydrogen-bond acceptors (Lipinski definition) is 7. The van der Waals surface area contributed by atoms with Gasteiger partial charge in [0.25, 0.3) is 5.91 Å². The van der Waals surface area contributed by atoms with Gasteiger partial charge in [-0.3, -0.25) is 14.9 Å². The monoisotopic (exact) mass is 380 g/mol. The highest BCUT2D eigenvalue weighted by Crippen LogP contribution is 2.29. The molecule has 1 aromatic carbocycles. The summed E-state index contributed by atoms with van der Waals surface area (Å²) in [4.78, 5) is 18.9. The Kier molecular flexibility index (Phi) is 3.95. The number of hydrogen-bond donors (Lipinski definition) is 2. The predicted octanol–water partition coefficient (Wildman–Crippen LogP) is 2.78. The molecule has 8 nitrogen and oxygen atoms in total. The fraction of sp³-hybridized carbons (Fsp3) is 0.222. The number of rotatable bonds is 3. The Hall–Kier alpha value is -3.04. The quantitative estimate of drug-likeness (QED) is 0.567. The number of nitrogens with zero attached hydrogens (tertiary/aromatic N) is 4. The summed E-state index contributed by atoms with van der Waals surface area (Å²) in [5.41, 5.74) is 3.04. The topological polar surface area (TPSA) is 96.0 Å². The summed E-state index contributed by atoms with van der Waals surface area (Å²) >= 11 is 1.32. The predicted molar refractivity (Wildman–Crippen MR) is 104 cm³/mol. The van der Waals surface area contributed by atoms with Crippen molar-refractivity contribution in [2.24, 2.45) is 0 Å². The molecule has 1 aliphatic rings. The van der Waals surface area contributed by atoms with E-state index in [9.17, 15) is 4.79 Å². The lowest BCUT2D eigenvalue weighted by atomic mass is 10.2. The second kappa shape index (κ2) is 6.60. The van der Waals surface area contributed by atoms with Gasteiger partial charge in [-0.15, -0.1) is 0 Å². The van der Waals surface area contributed by atoms with Crippen molar-refractivity contribution >= 4 is 50.1 Å². The molecule has 3 aromatic heterocycles. The summed E-state index contributed by atoms with van der Waals surface area (Å²) < 4.78 is 10.7. The van der Waals surface area contributed by atoms with E-state index in [1.54, 1.807) is 11.1 Å². The van der Waals surface area contributed by atoms with Gasteiger partial charge in [-0.2, -0.15) is 9.47 Å². The van der Waals surface area contributed by atoms with E-state index in [0.717, 1.165) is 26.8 Å². The van der Waals surface area contributed by atoms with Gasteiger partial charge in [0, 0.05) is 30.4 Å². The molecule has 5 rings (SSSR count). The molecule has 1 fully saturated rings. The standard InChI is InChI=1S/C18H16N6O2S/c25-18(24-6-8-26-9-7-24)15-12-4-3-11(10-14(12)27-23-15)20-17-16-13(21-22-17)2-1-5-19-16/h1-5,10H,6-9H2,(H2,20,21,22). The Balaban J connectivity index is 1.44. The number of nitrogens with one attached hydrogen (secondary N) is 2. The highest BCUT2D eigenvalue weighted by molar-refractivity contribution is 7.13. The molecule has 0 atom stereocenters. The van der Waals surface area contributed by atoms with Gasteiger partial charge in [-0.05, 0) is 41.9 Å². The highest BCUT2D eigenvalue weighted by Gasteiger charge is 2.23. The van der Waals surface area contributed by atoms with Gasteiger partial charge in [0.1, 0.15) is 11.2 Å². The third-order valence-corrected chi connectivity index (χ3v) is 5.36. The molecule has 1 saturated heterocycles. The van der Waals surface area contributed by atoms with Crippen LogP contribution in [0.5, 0.6) is 0 Å². The van der Waals surface area contributed by atoms with Crippen molar-refractivity contribution in [2.45, 2.75) is 0 Å². The van der Waals surface area contributed by atoms with Gasteiger partial charge >= 0.3 is 0 Å². The van der Waals surface area contributed by atoms with Gasteiger partial charge in [0.15, 0.2) is 5.82 Å². The van der Waals surface area contributed by atoms with Crippen LogP contribution in [-0.2, 0) is 4.74 Å². The molecule has 0 unspecified atom stereocenters. The molecular formula is C18H16N6O2S. The summed E-state index contributed by atoms with van der Waals surface area (Å²) in [7, 11) is 0. The van der Waals surface area contributed by atoms with E-state index in [-0.39, 0.29) is 5.91 Å². The summed E-state index contributed by atoms with van der Waals surface area (Å²) in [5.74, 6) is 0.631. The number of amides is 1. The number of ether oxygens (including phenoxy) is 1. The van der Waals surface area contributed by atoms with E-state index in [1.807, 2.05) is 30.3 Å². The second-order valence-electron chi connectivity index (χ2n) is 6.24. The lowest BCUT2D eigenvalue weighted by molar-refractivity contribution is 0.0301. The number of fused-ring (bicyclic) bond motifs is 2. The lowest BCUT2D eigenvalue weighted by Gasteiger charge is -2.26. The van der Waals surface area contributed by atoms with Crippen LogP contribution in [-0.4, -0.2) is 56.7 Å². The van der Waals surface area contributed by atoms with Crippen molar-refractivity contribution in [3.05, 3.63) is 42.2 Å². The molecule has 0 bridgehead atoms. The fourth-order valence-corrected chi connectivity index (χ4v) is 3.97. The van der Waals surface area contributed by atoms with Gasteiger partial charge in [-0.1, -0.05) is 0 Å². The van der Waals surface area contributed by atoms with E-state index in [4.69, 9.17) is 4.74 Å². The maximum absolute atomic E-state index is 12.7. The van der Waals surface area contributed by atoms with Gasteiger partial charge < -0.3 is 15.0 Å². The van der Waals surface area contributed by atoms with Crippen LogP contribution in [0.15, 0.2) is 36.5 Å². The zero-order chi connectivity index (χ0) is 18.2. The number of benzene rings is 1. The molecule has 1 amide bonds. The summed E-state index contributed by atoms with van der Waals surface area (Å²) in [6.45, 7) is 2.37. The van der Waals surface area contributed by atoms with Gasteiger partial charge in [-0.25, -0.2) is 0 Å². The number of morpholine rings is 1. The normalized spacial score (nSPS) is 14.7. The molecule has 2 N–H and O–H groups in total. The number of carbonyl (C=O) groups is 1. The first kappa shape index (κ1) is 16.2. The molecule has 136 valence electrons. The van der Waals surface area contributed by atoms with Crippen LogP contribution < -0.4 is 5.32 Å². The molecule has 0 aliphatic carbocycles. The van der Waals surface area contributed by atoms with Crippen LogP contribution in [0, 0.1) is 0 Å². The van der Waals surface area contributed by atoms with Crippen molar-refractivity contribution in [2.75, 3.05) is 31.6 Å². The molecular weight excluding hydrogens is 364 g/mol. The molecule has 4 aromatic rings. The molecule has 0 radical (unpaired) electrons. The minimum absolute atomic E-state index is 0.0345. The molecule has 4 heterocycles. The van der Waals surface area contributed by atoms with Crippen LogP contribution in [0.25, 0.3) is 21.1 Å². The molecule has 27 heavy (non-hydrogen) atoms. The van der Waals surface area contributed by atoms with Crippen molar-refractivity contribution < 1.29 is 9.53 Å². The van der Waals surface area contributed by atoms with Crippen molar-refractivity contribution in [1.29, 1.82) is 0 Å². The maximum Gasteiger partial charge on any atom is 0.274 e. The summed E-state index contributed by atoms with van der Waals surface area (Å²) in [5, 5.41) is 11.4. The van der Waals surface area contributed by atoms with E-state index >= 15 is 0 Å². The summed E-state index contributed by atoms with van der Waals surface area (Å²) in [6, 6.07) is 9.62. The van der Waals surface area contributed by atoms with Crippen molar-refractivity contribution in [3.8, 4) is 0 Å². The van der Waals surface area contributed by atoms with Crippen molar-refractivity contribution in [1.82, 2.24) is 24.5 Å². The highest BCUT2D eigenvalue weighted by atomic mass is 32.1. The lowest BCUT2D eigenvalue weighted by Crippen LogP contribution is -2.40. The van der Waals surface area contributed by atoms with Crippen LogP contribution in [0.3, 0.4) is 0 Å². The molecule has 9 heteroatoms. The first-order valence-corrected chi connectivity index (χ1v) is 9.39. The minimum atomic E-state index is -0.0345. The second-order valence-corrected chi connectivity index (χ2v) is 7.05. The molecule has 1 aliphatic heterocycles. The Labute approximate surface area is 158 Å². The van der Waals surface area contributed by atoms with Crippen molar-refractivity contribution in [3.63, 3.8) is 0 Å². The third-order valence-electron chi connectivity index (χ3n) is 4.56. The first-order chi connectivity index (χ1) is 13.3. The average Bonchev–Trinajstić information content (AvgIpc) is 3.32. The van der Waals surface area contributed by atoms with Gasteiger partial charge in [0.2, 0.25) is 0 Å². The SMILES string of the molecule is O=C(c1nsc2cc(Nc3n[nH]c4cccnc34)ccc12)N1CCOCC1. The Bertz CT molecular complexity index is 1130. The third kappa shape index (κ3) is 2.90. The number of anilines is 2. The zero-order valence-electron chi connectivity index (χ0n) is 14.3. The number of aromatic nitrogens is 4.